The lowest BCUT2D eigenvalue weighted by Crippen LogP contribution is -2.44. The molecule has 3 unspecified atom stereocenters. The number of hydrogen-bond donors (Lipinski definition) is 3. The van der Waals surface area contributed by atoms with Crippen LogP contribution in [0.3, 0.4) is 0 Å². The van der Waals surface area contributed by atoms with Crippen molar-refractivity contribution in [2.24, 2.45) is 22.7 Å². The molecule has 2 aromatic heterocycles. The molecule has 8 rings (SSSR count). The Hall–Kier alpha value is -2.76. The molecule has 3 saturated carbocycles. The van der Waals surface area contributed by atoms with Crippen LogP contribution >= 0.6 is 11.9 Å². The lowest BCUT2D eigenvalue weighted by Gasteiger charge is -2.34. The van der Waals surface area contributed by atoms with Gasteiger partial charge in [0, 0.05) is 43.3 Å². The summed E-state index contributed by atoms with van der Waals surface area (Å²) < 4.78 is 9.26. The second-order valence-corrected chi connectivity index (χ2v) is 14.6. The van der Waals surface area contributed by atoms with Gasteiger partial charge < -0.3 is 15.0 Å². The van der Waals surface area contributed by atoms with Gasteiger partial charge in [0.15, 0.2) is 0 Å². The normalized spacial score (nSPS) is 30.5. The summed E-state index contributed by atoms with van der Waals surface area (Å²) in [6.45, 7) is 4.81. The minimum atomic E-state index is -0.170. The summed E-state index contributed by atoms with van der Waals surface area (Å²) in [7, 11) is 2.27. The summed E-state index contributed by atoms with van der Waals surface area (Å²) in [5.74, 6) is 3.57. The van der Waals surface area contributed by atoms with E-state index >= 15 is 0 Å². The van der Waals surface area contributed by atoms with Gasteiger partial charge in [-0.2, -0.15) is 5.43 Å². The Balaban J connectivity index is 0.997. The van der Waals surface area contributed by atoms with Crippen LogP contribution in [0, 0.1) is 22.7 Å². The van der Waals surface area contributed by atoms with Crippen LogP contribution in [-0.4, -0.2) is 55.1 Å². The quantitative estimate of drug-likeness (QED) is 0.355. The van der Waals surface area contributed by atoms with Gasteiger partial charge in [0.25, 0.3) is 5.91 Å². The molecule has 3 N–H and O–H groups in total. The first-order chi connectivity index (χ1) is 20.4. The van der Waals surface area contributed by atoms with E-state index in [1.165, 1.54) is 44.1 Å². The minimum absolute atomic E-state index is 0.116. The van der Waals surface area contributed by atoms with E-state index in [2.05, 4.69) is 46.2 Å². The Morgan fingerprint density at radius 3 is 2.79 bits per heavy atom. The molecule has 1 amide bonds. The highest BCUT2D eigenvalue weighted by molar-refractivity contribution is 7.97. The Morgan fingerprint density at radius 1 is 1.14 bits per heavy atom. The average Bonchev–Trinajstić information content (AvgIpc) is 3.93. The highest BCUT2D eigenvalue weighted by Gasteiger charge is 2.85. The van der Waals surface area contributed by atoms with Crippen LogP contribution in [0.25, 0.3) is 0 Å². The van der Waals surface area contributed by atoms with Gasteiger partial charge >= 0.3 is 0 Å². The molecule has 1 saturated heterocycles. The lowest BCUT2D eigenvalue weighted by atomic mass is 9.75. The number of rotatable bonds is 5. The fourth-order valence-electron chi connectivity index (χ4n) is 8.53. The van der Waals surface area contributed by atoms with E-state index in [4.69, 9.17) is 9.72 Å². The van der Waals surface area contributed by atoms with Crippen molar-refractivity contribution < 1.29 is 9.53 Å². The zero-order chi connectivity index (χ0) is 28.5. The zero-order valence-corrected chi connectivity index (χ0v) is 25.4. The maximum absolute atomic E-state index is 13.6. The molecule has 11 heteroatoms. The predicted octanol–water partition coefficient (Wildman–Crippen LogP) is 4.06. The highest BCUT2D eigenvalue weighted by atomic mass is 32.2. The third kappa shape index (κ3) is 4.59. The number of carbonyl (C=O) groups excluding carboxylic acids is 1. The molecular weight excluding hydrogens is 545 g/mol. The van der Waals surface area contributed by atoms with E-state index in [-0.39, 0.29) is 17.6 Å². The van der Waals surface area contributed by atoms with Crippen molar-refractivity contribution in [3.8, 4) is 0 Å². The van der Waals surface area contributed by atoms with E-state index in [0.29, 0.717) is 11.5 Å². The summed E-state index contributed by atoms with van der Waals surface area (Å²) >= 11 is 1.24. The number of amides is 1. The van der Waals surface area contributed by atoms with Crippen LogP contribution in [0.15, 0.2) is 47.6 Å². The fourth-order valence-corrected chi connectivity index (χ4v) is 9.13. The molecule has 0 aromatic carbocycles. The Labute approximate surface area is 253 Å². The largest absolute Gasteiger partial charge is 0.370 e. The second-order valence-electron chi connectivity index (χ2n) is 13.8. The van der Waals surface area contributed by atoms with Crippen LogP contribution in [-0.2, 0) is 4.74 Å². The molecule has 3 aliphatic heterocycles. The van der Waals surface area contributed by atoms with Crippen molar-refractivity contribution in [3.05, 3.63) is 48.2 Å². The van der Waals surface area contributed by atoms with Gasteiger partial charge in [-0.25, -0.2) is 9.97 Å². The van der Waals surface area contributed by atoms with E-state index in [1.54, 1.807) is 0 Å². The van der Waals surface area contributed by atoms with Gasteiger partial charge in [0.1, 0.15) is 36.6 Å². The van der Waals surface area contributed by atoms with Crippen LogP contribution < -0.4 is 25.4 Å². The molecular formula is C31H40BN7O2S. The monoisotopic (exact) mass is 585 g/mol. The second kappa shape index (κ2) is 9.89. The smallest absolute Gasteiger partial charge is 0.265 e. The van der Waals surface area contributed by atoms with Gasteiger partial charge in [-0.15, -0.1) is 0 Å². The number of nitrogens with one attached hydrogen (secondary N) is 3. The molecule has 42 heavy (non-hydrogen) atoms. The third-order valence-electron chi connectivity index (χ3n) is 10.8. The molecule has 4 fully saturated rings. The van der Waals surface area contributed by atoms with Gasteiger partial charge in [-0.1, -0.05) is 6.07 Å². The summed E-state index contributed by atoms with van der Waals surface area (Å²) in [5, 5.41) is 6.12. The molecule has 4 bridgehead atoms. The van der Waals surface area contributed by atoms with Crippen LogP contribution in [0.5, 0.6) is 0 Å². The van der Waals surface area contributed by atoms with Crippen molar-refractivity contribution in [2.75, 3.05) is 34.9 Å². The van der Waals surface area contributed by atoms with Gasteiger partial charge in [0.05, 0.1) is 5.56 Å². The number of ether oxygens (including phenoxy) is 1. The molecule has 3 atom stereocenters. The molecule has 6 aliphatic rings. The van der Waals surface area contributed by atoms with E-state index in [9.17, 15) is 4.79 Å². The number of fused-ring (bicyclic) bond motifs is 7. The van der Waals surface area contributed by atoms with Gasteiger partial charge in [-0.05, 0) is 111 Å². The number of carbonyl (C=O) groups is 1. The number of hydrazine groups is 1. The average molecular weight is 586 g/mol. The third-order valence-corrected chi connectivity index (χ3v) is 11.6. The van der Waals surface area contributed by atoms with E-state index in [1.807, 2.05) is 41.5 Å². The molecule has 2 aromatic rings. The first-order valence-electron chi connectivity index (χ1n) is 15.7. The van der Waals surface area contributed by atoms with Crippen LogP contribution in [0.1, 0.15) is 68.6 Å². The van der Waals surface area contributed by atoms with Crippen molar-refractivity contribution in [1.82, 2.24) is 20.1 Å². The maximum Gasteiger partial charge on any atom is 0.265 e. The summed E-state index contributed by atoms with van der Waals surface area (Å²) in [6, 6.07) is 9.67. The standard InChI is InChI=1S/C31H40BN7O2S/c1-29(32)18-20-4-3-15-33-23-5-2-6-26(34-23)42-37-28(40)21-7-8-24(35-27(21)38(29)19-20)39-16-9-25(36-39)41-17-10-22-30(11-12-30)31(22)13-14-31/h2,5-9,16,20,22,25,36H,3-4,10-15,17-19,32H2,1H3,(H,33,34)(H,37,40). The predicted molar refractivity (Wildman–Crippen MR) is 168 cm³/mol. The van der Waals surface area contributed by atoms with Crippen molar-refractivity contribution >= 4 is 43.2 Å². The number of aromatic nitrogens is 2. The van der Waals surface area contributed by atoms with Gasteiger partial charge in [-0.3, -0.25) is 14.5 Å². The molecule has 2 spiro atoms. The van der Waals surface area contributed by atoms with Crippen molar-refractivity contribution in [2.45, 2.75) is 75.0 Å². The molecule has 9 nitrogen and oxygen atoms in total. The maximum atomic E-state index is 13.6. The van der Waals surface area contributed by atoms with E-state index in [0.717, 1.165) is 78.2 Å². The number of pyridine rings is 2. The molecule has 220 valence electrons. The number of hydrogen-bond acceptors (Lipinski definition) is 9. The SMILES string of the molecule is BC1(C)CC2CCCNc3cccc(n3)SNC(=O)c3ccc(N4C=CC(OCCC5C6(CC6)C56CC6)N4)nc3N1C2. The number of nitrogens with zero attached hydrogens (tertiary/aromatic N) is 4. The van der Waals surface area contributed by atoms with Crippen molar-refractivity contribution in [1.29, 1.82) is 0 Å². The van der Waals surface area contributed by atoms with Crippen LogP contribution in [0.2, 0.25) is 0 Å². The molecule has 5 heterocycles. The highest BCUT2D eigenvalue weighted by Crippen LogP contribution is 2.93. The first kappa shape index (κ1) is 26.8. The molecule has 3 aliphatic carbocycles. The van der Waals surface area contributed by atoms with E-state index < -0.39 is 0 Å². The Kier molecular flexibility index (Phi) is 6.32. The summed E-state index contributed by atoms with van der Waals surface area (Å²) in [6.07, 6.45) is 14.1. The topological polar surface area (TPSA) is 94.7 Å². The lowest BCUT2D eigenvalue weighted by molar-refractivity contribution is 0.0624. The summed E-state index contributed by atoms with van der Waals surface area (Å²) in [4.78, 5) is 25.7. The minimum Gasteiger partial charge on any atom is -0.370 e. The zero-order valence-electron chi connectivity index (χ0n) is 24.6. The number of anilines is 3. The molecule has 0 radical (unpaired) electrons. The van der Waals surface area contributed by atoms with Gasteiger partial charge in [0.2, 0.25) is 0 Å². The summed E-state index contributed by atoms with van der Waals surface area (Å²) in [5.41, 5.74) is 5.36. The Bertz CT molecular complexity index is 1410. The Morgan fingerprint density at radius 2 is 1.98 bits per heavy atom. The van der Waals surface area contributed by atoms with Crippen LogP contribution in [0.4, 0.5) is 17.5 Å². The first-order valence-corrected chi connectivity index (χ1v) is 16.5. The fraction of sp³-hybridized carbons (Fsp3) is 0.581. The van der Waals surface area contributed by atoms with Crippen molar-refractivity contribution in [3.63, 3.8) is 0 Å².